The maximum Gasteiger partial charge on any atom is 0.159 e. The Kier molecular flexibility index (Phi) is 6.39. The number of para-hydroxylation sites is 1. The molecule has 10 aromatic rings. The summed E-state index contributed by atoms with van der Waals surface area (Å²) in [6, 6.07) is 63.1. The van der Waals surface area contributed by atoms with E-state index in [-0.39, 0.29) is 0 Å². The number of rotatable bonds is 5. The summed E-state index contributed by atoms with van der Waals surface area (Å²) < 4.78 is 9.50. The number of benzene rings is 8. The second kappa shape index (κ2) is 11.2. The Hall–Kier alpha value is -6.16. The van der Waals surface area contributed by atoms with Crippen LogP contribution in [0.5, 0.6) is 0 Å². The van der Waals surface area contributed by atoms with Gasteiger partial charge < -0.3 is 9.32 Å². The zero-order valence-electron chi connectivity index (χ0n) is 26.5. The predicted octanol–water partition coefficient (Wildman–Crippen LogP) is 13.9. The van der Waals surface area contributed by atoms with E-state index in [0.717, 1.165) is 44.4 Å². The fraction of sp³-hybridized carbons (Fsp3) is 0. The van der Waals surface area contributed by atoms with Crippen molar-refractivity contribution in [2.75, 3.05) is 4.90 Å². The summed E-state index contributed by atoms with van der Waals surface area (Å²) in [7, 11) is 0. The van der Waals surface area contributed by atoms with Crippen LogP contribution in [-0.2, 0) is 0 Å². The molecule has 2 nitrogen and oxygen atoms in total. The molecule has 2 heterocycles. The highest BCUT2D eigenvalue weighted by atomic mass is 32.1. The first-order chi connectivity index (χ1) is 24.3. The minimum Gasteiger partial charge on any atom is -0.453 e. The lowest BCUT2D eigenvalue weighted by atomic mass is 9.98. The lowest BCUT2D eigenvalue weighted by Crippen LogP contribution is -2.10. The Morgan fingerprint density at radius 3 is 1.98 bits per heavy atom. The number of anilines is 3. The second-order valence-electron chi connectivity index (χ2n) is 12.5. The lowest BCUT2D eigenvalue weighted by molar-refractivity contribution is 0.673. The molecule has 0 spiro atoms. The van der Waals surface area contributed by atoms with Gasteiger partial charge in [-0.25, -0.2) is 0 Å². The van der Waals surface area contributed by atoms with E-state index < -0.39 is 0 Å². The highest BCUT2D eigenvalue weighted by Gasteiger charge is 2.21. The molecule has 10 rings (SSSR count). The predicted molar refractivity (Wildman–Crippen MR) is 210 cm³/mol. The van der Waals surface area contributed by atoms with Crippen molar-refractivity contribution in [2.45, 2.75) is 0 Å². The van der Waals surface area contributed by atoms with Crippen molar-refractivity contribution < 1.29 is 4.42 Å². The van der Waals surface area contributed by atoms with Gasteiger partial charge in [0.15, 0.2) is 5.58 Å². The first kappa shape index (κ1) is 27.9. The van der Waals surface area contributed by atoms with Crippen LogP contribution in [0.4, 0.5) is 17.1 Å². The number of fused-ring (bicyclic) bond motifs is 8. The number of hydrogen-bond donors (Lipinski definition) is 0. The molecule has 0 aliphatic heterocycles. The molecule has 0 radical (unpaired) electrons. The van der Waals surface area contributed by atoms with Gasteiger partial charge in [0.25, 0.3) is 0 Å². The first-order valence-corrected chi connectivity index (χ1v) is 17.4. The molecule has 230 valence electrons. The van der Waals surface area contributed by atoms with Gasteiger partial charge in [-0.15, -0.1) is 11.3 Å². The van der Waals surface area contributed by atoms with Crippen LogP contribution in [0.2, 0.25) is 0 Å². The average molecular weight is 644 g/mol. The van der Waals surface area contributed by atoms with E-state index >= 15 is 0 Å². The fourth-order valence-electron chi connectivity index (χ4n) is 7.38. The van der Waals surface area contributed by atoms with E-state index in [1.54, 1.807) is 0 Å². The van der Waals surface area contributed by atoms with Crippen LogP contribution >= 0.6 is 11.3 Å². The van der Waals surface area contributed by atoms with Gasteiger partial charge in [0.2, 0.25) is 0 Å². The van der Waals surface area contributed by atoms with E-state index in [1.807, 2.05) is 11.3 Å². The summed E-state index contributed by atoms with van der Waals surface area (Å²) in [5.74, 6) is 0. The van der Waals surface area contributed by atoms with Gasteiger partial charge in [-0.05, 0) is 76.2 Å². The monoisotopic (exact) mass is 643 g/mol. The molecule has 0 saturated carbocycles. The van der Waals surface area contributed by atoms with Crippen LogP contribution in [0.25, 0.3) is 75.1 Å². The molecular weight excluding hydrogens is 615 g/mol. The first-order valence-electron chi connectivity index (χ1n) is 16.6. The number of hydrogen-bond acceptors (Lipinski definition) is 3. The van der Waals surface area contributed by atoms with E-state index in [9.17, 15) is 0 Å². The molecule has 49 heavy (non-hydrogen) atoms. The van der Waals surface area contributed by atoms with Crippen molar-refractivity contribution in [1.82, 2.24) is 0 Å². The molecule has 0 N–H and O–H groups in total. The quantitative estimate of drug-likeness (QED) is 0.186. The van der Waals surface area contributed by atoms with E-state index in [4.69, 9.17) is 4.42 Å². The standard InChI is InChI=1S/C46H29NOS/c1-2-11-30(12-3-1)31-23-26-34(27-24-31)47(41-20-9-19-38-39-28-25-32-13-4-5-16-37(32)45(39)48-46(38)41)35-15-8-14-33(29-35)36-18-10-22-43-44(36)40-17-6-7-21-42(40)49-43/h1-29H. The topological polar surface area (TPSA) is 16.4 Å². The summed E-state index contributed by atoms with van der Waals surface area (Å²) in [4.78, 5) is 2.34. The fourth-order valence-corrected chi connectivity index (χ4v) is 8.51. The Morgan fingerprint density at radius 2 is 1.08 bits per heavy atom. The SMILES string of the molecule is c1ccc(-c2ccc(N(c3cccc(-c4cccc5sc6ccccc6c45)c3)c3cccc4c3oc3c5ccccc5ccc43)cc2)cc1. The highest BCUT2D eigenvalue weighted by Crippen LogP contribution is 2.46. The Morgan fingerprint density at radius 1 is 0.408 bits per heavy atom. The van der Waals surface area contributed by atoms with E-state index in [0.29, 0.717) is 0 Å². The van der Waals surface area contributed by atoms with Crippen molar-refractivity contribution in [2.24, 2.45) is 0 Å². The molecule has 0 fully saturated rings. The normalized spacial score (nSPS) is 11.7. The molecule has 8 aromatic carbocycles. The third-order valence-corrected chi connectivity index (χ3v) is 10.8. The van der Waals surface area contributed by atoms with E-state index in [1.165, 1.54) is 47.8 Å². The van der Waals surface area contributed by atoms with Gasteiger partial charge in [0.1, 0.15) is 5.58 Å². The number of nitrogens with zero attached hydrogens (tertiary/aromatic N) is 1. The third kappa shape index (κ3) is 4.55. The van der Waals surface area contributed by atoms with Crippen LogP contribution in [-0.4, -0.2) is 0 Å². The molecule has 0 atom stereocenters. The van der Waals surface area contributed by atoms with Crippen LogP contribution in [0.3, 0.4) is 0 Å². The summed E-state index contributed by atoms with van der Waals surface area (Å²) in [6.45, 7) is 0. The minimum absolute atomic E-state index is 0.873. The van der Waals surface area contributed by atoms with Crippen molar-refractivity contribution >= 4 is 81.3 Å². The van der Waals surface area contributed by atoms with Crippen molar-refractivity contribution in [3.63, 3.8) is 0 Å². The van der Waals surface area contributed by atoms with Gasteiger partial charge in [0.05, 0.1) is 5.69 Å². The van der Waals surface area contributed by atoms with Crippen molar-refractivity contribution in [3.05, 3.63) is 176 Å². The van der Waals surface area contributed by atoms with Gasteiger partial charge in [0, 0.05) is 47.7 Å². The summed E-state index contributed by atoms with van der Waals surface area (Å²) in [5, 5.41) is 7.14. The van der Waals surface area contributed by atoms with Gasteiger partial charge in [-0.3, -0.25) is 0 Å². The maximum atomic E-state index is 6.88. The lowest BCUT2D eigenvalue weighted by Gasteiger charge is -2.26. The molecule has 0 saturated heterocycles. The molecule has 0 bridgehead atoms. The molecule has 0 aliphatic rings. The highest BCUT2D eigenvalue weighted by molar-refractivity contribution is 7.25. The van der Waals surface area contributed by atoms with Crippen LogP contribution in [0, 0.1) is 0 Å². The van der Waals surface area contributed by atoms with Crippen molar-refractivity contribution in [3.8, 4) is 22.3 Å². The molecular formula is C46H29NOS. The number of thiophene rings is 1. The third-order valence-electron chi connectivity index (χ3n) is 9.66. The largest absolute Gasteiger partial charge is 0.453 e. The number of furan rings is 1. The molecule has 2 aromatic heterocycles. The Labute approximate surface area is 287 Å². The molecule has 0 unspecified atom stereocenters. The van der Waals surface area contributed by atoms with Crippen LogP contribution in [0.1, 0.15) is 0 Å². The Balaban J connectivity index is 1.20. The summed E-state index contributed by atoms with van der Waals surface area (Å²) in [6.07, 6.45) is 0. The smallest absolute Gasteiger partial charge is 0.159 e. The zero-order chi connectivity index (χ0) is 32.3. The Bertz CT molecular complexity index is 2830. The van der Waals surface area contributed by atoms with Gasteiger partial charge in [-0.2, -0.15) is 0 Å². The van der Waals surface area contributed by atoms with Crippen LogP contribution < -0.4 is 4.90 Å². The minimum atomic E-state index is 0.873. The molecule has 0 amide bonds. The second-order valence-corrected chi connectivity index (χ2v) is 13.6. The summed E-state index contributed by atoms with van der Waals surface area (Å²) in [5.41, 5.74) is 9.73. The molecule has 3 heteroatoms. The van der Waals surface area contributed by atoms with Gasteiger partial charge >= 0.3 is 0 Å². The van der Waals surface area contributed by atoms with E-state index in [2.05, 4.69) is 181 Å². The zero-order valence-corrected chi connectivity index (χ0v) is 27.3. The van der Waals surface area contributed by atoms with Crippen molar-refractivity contribution in [1.29, 1.82) is 0 Å². The molecule has 0 aliphatic carbocycles. The van der Waals surface area contributed by atoms with Gasteiger partial charge in [-0.1, -0.05) is 127 Å². The summed E-state index contributed by atoms with van der Waals surface area (Å²) >= 11 is 1.86. The maximum absolute atomic E-state index is 6.88. The average Bonchev–Trinajstić information content (AvgIpc) is 3.75. The van der Waals surface area contributed by atoms with Crippen LogP contribution in [0.15, 0.2) is 180 Å².